The van der Waals surface area contributed by atoms with Crippen LogP contribution in [0.25, 0.3) is 0 Å². The van der Waals surface area contributed by atoms with Crippen molar-refractivity contribution in [1.29, 1.82) is 0 Å². The maximum absolute atomic E-state index is 12.0. The number of anilines is 1. The molecule has 19 heavy (non-hydrogen) atoms. The van der Waals surface area contributed by atoms with Crippen LogP contribution >= 0.6 is 15.9 Å². The molecule has 0 aliphatic heterocycles. The van der Waals surface area contributed by atoms with Crippen LogP contribution in [0.2, 0.25) is 0 Å². The third-order valence-corrected chi connectivity index (χ3v) is 3.74. The molecule has 104 valence electrons. The molecule has 0 atom stereocenters. The number of hydrogen-bond donors (Lipinski definition) is 1. The van der Waals surface area contributed by atoms with Gasteiger partial charge in [-0.1, -0.05) is 21.9 Å². The van der Waals surface area contributed by atoms with Crippen molar-refractivity contribution in [3.63, 3.8) is 0 Å². The number of hydrogen-bond acceptors (Lipinski definition) is 2. The quantitative estimate of drug-likeness (QED) is 0.843. The van der Waals surface area contributed by atoms with Gasteiger partial charge in [-0.15, -0.1) is 6.42 Å². The second-order valence-corrected chi connectivity index (χ2v) is 6.42. The lowest BCUT2D eigenvalue weighted by Gasteiger charge is -2.10. The molecule has 0 radical (unpaired) electrons. The molecule has 3 nitrogen and oxygen atoms in total. The molecule has 0 aliphatic carbocycles. The summed E-state index contributed by atoms with van der Waals surface area (Å²) < 4.78 is 61.5. The van der Waals surface area contributed by atoms with E-state index < -0.39 is 28.4 Å². The predicted octanol–water partition coefficient (Wildman–Crippen LogP) is 3.12. The molecule has 0 spiro atoms. The molecule has 0 heterocycles. The molecule has 1 aromatic carbocycles. The van der Waals surface area contributed by atoms with Crippen molar-refractivity contribution in [3.8, 4) is 12.3 Å². The average Bonchev–Trinajstić information content (AvgIpc) is 2.24. The molecular weight excluding hydrogens is 347 g/mol. The standard InChI is InChI=1S/C11H9BrF3NO2S/c1-2-8-5-9(12)7-10(6-8)16-19(17,18)4-3-11(13,14)15/h1,5-7,16H,3-4H2. The van der Waals surface area contributed by atoms with Crippen LogP contribution in [0.15, 0.2) is 22.7 Å². The zero-order chi connectivity index (χ0) is 14.7. The van der Waals surface area contributed by atoms with Gasteiger partial charge in [-0.25, -0.2) is 8.42 Å². The van der Waals surface area contributed by atoms with Gasteiger partial charge in [0.1, 0.15) is 0 Å². The number of rotatable bonds is 4. The maximum Gasteiger partial charge on any atom is 0.390 e. The molecule has 1 rings (SSSR count). The SMILES string of the molecule is C#Cc1cc(Br)cc(NS(=O)(=O)CCC(F)(F)F)c1. The Bertz CT molecular complexity index is 605. The van der Waals surface area contributed by atoms with E-state index in [0.29, 0.717) is 10.0 Å². The first-order valence-electron chi connectivity index (χ1n) is 4.96. The lowest BCUT2D eigenvalue weighted by molar-refractivity contribution is -0.129. The number of alkyl halides is 3. The van der Waals surface area contributed by atoms with Gasteiger partial charge in [0.2, 0.25) is 10.0 Å². The first-order valence-corrected chi connectivity index (χ1v) is 7.40. The van der Waals surface area contributed by atoms with Crippen molar-refractivity contribution >= 4 is 31.6 Å². The Morgan fingerprint density at radius 2 is 1.95 bits per heavy atom. The van der Waals surface area contributed by atoms with Crippen molar-refractivity contribution in [2.24, 2.45) is 0 Å². The van der Waals surface area contributed by atoms with Gasteiger partial charge in [0.05, 0.1) is 17.9 Å². The molecular formula is C11H9BrF3NO2S. The highest BCUT2D eigenvalue weighted by atomic mass is 79.9. The number of terminal acetylenes is 1. The summed E-state index contributed by atoms with van der Waals surface area (Å²) in [7, 11) is -4.07. The molecule has 0 aliphatic rings. The van der Waals surface area contributed by atoms with E-state index in [0.717, 1.165) is 0 Å². The van der Waals surface area contributed by atoms with Crippen LogP contribution in [0.3, 0.4) is 0 Å². The van der Waals surface area contributed by atoms with E-state index in [-0.39, 0.29) is 5.69 Å². The Balaban J connectivity index is 2.84. The van der Waals surface area contributed by atoms with Crippen molar-refractivity contribution in [2.45, 2.75) is 12.6 Å². The minimum absolute atomic E-state index is 0.115. The molecule has 0 aromatic heterocycles. The van der Waals surface area contributed by atoms with Gasteiger partial charge in [0.25, 0.3) is 0 Å². The maximum atomic E-state index is 12.0. The van der Waals surface area contributed by atoms with Crippen molar-refractivity contribution < 1.29 is 21.6 Å². The predicted molar refractivity (Wildman–Crippen MR) is 70.2 cm³/mol. The Morgan fingerprint density at radius 1 is 1.32 bits per heavy atom. The summed E-state index contributed by atoms with van der Waals surface area (Å²) in [5.74, 6) is 1.27. The zero-order valence-corrected chi connectivity index (χ0v) is 11.9. The summed E-state index contributed by atoms with van der Waals surface area (Å²) in [4.78, 5) is 0. The van der Waals surface area contributed by atoms with Crippen LogP contribution in [-0.4, -0.2) is 20.3 Å². The van der Waals surface area contributed by atoms with Crippen LogP contribution in [-0.2, 0) is 10.0 Å². The van der Waals surface area contributed by atoms with E-state index in [1.807, 2.05) is 0 Å². The van der Waals surface area contributed by atoms with Gasteiger partial charge >= 0.3 is 6.18 Å². The molecule has 0 saturated carbocycles. The second-order valence-electron chi connectivity index (χ2n) is 3.66. The highest BCUT2D eigenvalue weighted by molar-refractivity contribution is 9.10. The van der Waals surface area contributed by atoms with Gasteiger partial charge < -0.3 is 0 Å². The third kappa shape index (κ3) is 5.98. The third-order valence-electron chi connectivity index (χ3n) is 1.99. The largest absolute Gasteiger partial charge is 0.390 e. The second kappa shape index (κ2) is 5.84. The topological polar surface area (TPSA) is 46.2 Å². The summed E-state index contributed by atoms with van der Waals surface area (Å²) in [5, 5.41) is 0. The number of sulfonamides is 1. The Labute approximate surface area is 117 Å². The van der Waals surface area contributed by atoms with Gasteiger partial charge in [0, 0.05) is 10.0 Å². The van der Waals surface area contributed by atoms with Gasteiger partial charge in [-0.3, -0.25) is 4.72 Å². The number of nitrogens with one attached hydrogen (secondary N) is 1. The van der Waals surface area contributed by atoms with E-state index in [2.05, 4.69) is 26.6 Å². The van der Waals surface area contributed by atoms with Crippen LogP contribution in [0.4, 0.5) is 18.9 Å². The van der Waals surface area contributed by atoms with Crippen LogP contribution in [0.5, 0.6) is 0 Å². The zero-order valence-electron chi connectivity index (χ0n) is 9.46. The highest BCUT2D eigenvalue weighted by Gasteiger charge is 2.29. The van der Waals surface area contributed by atoms with Gasteiger partial charge in [-0.05, 0) is 18.2 Å². The van der Waals surface area contributed by atoms with Crippen LogP contribution < -0.4 is 4.72 Å². The molecule has 0 unspecified atom stereocenters. The summed E-state index contributed by atoms with van der Waals surface area (Å²) >= 11 is 3.12. The Morgan fingerprint density at radius 3 is 2.47 bits per heavy atom. The first-order chi connectivity index (χ1) is 8.61. The van der Waals surface area contributed by atoms with Gasteiger partial charge in [-0.2, -0.15) is 13.2 Å². The van der Waals surface area contributed by atoms with Crippen LogP contribution in [0.1, 0.15) is 12.0 Å². The van der Waals surface area contributed by atoms with E-state index in [1.54, 1.807) is 6.07 Å². The van der Waals surface area contributed by atoms with E-state index in [9.17, 15) is 21.6 Å². The van der Waals surface area contributed by atoms with Crippen molar-refractivity contribution in [2.75, 3.05) is 10.5 Å². The fraction of sp³-hybridized carbons (Fsp3) is 0.273. The lowest BCUT2D eigenvalue weighted by atomic mass is 10.2. The smallest absolute Gasteiger partial charge is 0.283 e. The molecule has 0 saturated heterocycles. The minimum atomic E-state index is -4.52. The summed E-state index contributed by atoms with van der Waals surface area (Å²) in [6, 6.07) is 4.34. The molecule has 1 aromatic rings. The Kier molecular flexibility index (Phi) is 4.87. The minimum Gasteiger partial charge on any atom is -0.283 e. The fourth-order valence-corrected chi connectivity index (χ4v) is 2.79. The highest BCUT2D eigenvalue weighted by Crippen LogP contribution is 2.23. The molecule has 1 N–H and O–H groups in total. The molecule has 0 bridgehead atoms. The summed E-state index contributed by atoms with van der Waals surface area (Å²) in [5.41, 5.74) is 0.521. The van der Waals surface area contributed by atoms with Crippen LogP contribution in [0, 0.1) is 12.3 Å². The van der Waals surface area contributed by atoms with Crippen molar-refractivity contribution in [1.82, 2.24) is 0 Å². The van der Waals surface area contributed by atoms with E-state index >= 15 is 0 Å². The molecule has 0 amide bonds. The number of halogens is 4. The summed E-state index contributed by atoms with van der Waals surface area (Å²) in [6.07, 6.45) is -0.752. The molecule has 0 fully saturated rings. The summed E-state index contributed by atoms with van der Waals surface area (Å²) in [6.45, 7) is 0. The monoisotopic (exact) mass is 355 g/mol. The Hall–Kier alpha value is -1.20. The fourth-order valence-electron chi connectivity index (χ4n) is 1.21. The number of benzene rings is 1. The average molecular weight is 356 g/mol. The van der Waals surface area contributed by atoms with E-state index in [1.165, 1.54) is 12.1 Å². The van der Waals surface area contributed by atoms with Crippen molar-refractivity contribution in [3.05, 3.63) is 28.2 Å². The lowest BCUT2D eigenvalue weighted by Crippen LogP contribution is -2.21. The van der Waals surface area contributed by atoms with Gasteiger partial charge in [0.15, 0.2) is 0 Å². The molecule has 8 heteroatoms. The normalized spacial score (nSPS) is 11.9. The first kappa shape index (κ1) is 15.9. The van der Waals surface area contributed by atoms with E-state index in [4.69, 9.17) is 6.42 Å².